The molecule has 0 N–H and O–H groups in total. The Kier molecular flexibility index (Phi) is 7.81. The van der Waals surface area contributed by atoms with Crippen molar-refractivity contribution in [2.75, 3.05) is 20.3 Å². The zero-order chi connectivity index (χ0) is 22.4. The van der Waals surface area contributed by atoms with Crippen LogP contribution in [0.3, 0.4) is 0 Å². The molecule has 2 heterocycles. The van der Waals surface area contributed by atoms with Gasteiger partial charge in [0.15, 0.2) is 5.15 Å². The molecule has 0 fully saturated rings. The first-order chi connectivity index (χ1) is 15.0. The number of hydrogen-bond acceptors (Lipinski definition) is 5. The molecule has 31 heavy (non-hydrogen) atoms. The first-order valence-electron chi connectivity index (χ1n) is 10.2. The van der Waals surface area contributed by atoms with E-state index in [1.807, 2.05) is 13.8 Å². The number of rotatable bonds is 10. The molecule has 7 nitrogen and oxygen atoms in total. The number of benzene rings is 1. The largest absolute Gasteiger partial charge is 0.493 e. The molecule has 0 aliphatic carbocycles. The van der Waals surface area contributed by atoms with Crippen molar-refractivity contribution in [3.05, 3.63) is 58.0 Å². The molecule has 0 radical (unpaired) electrons. The highest BCUT2D eigenvalue weighted by Crippen LogP contribution is 2.32. The summed E-state index contributed by atoms with van der Waals surface area (Å²) < 4.78 is 28.4. The Hall–Kier alpha value is -2.71. The smallest absolute Gasteiger partial charge is 0.296 e. The Labute approximate surface area is 185 Å². The van der Waals surface area contributed by atoms with E-state index in [1.54, 1.807) is 37.7 Å². The predicted octanol–water partition coefficient (Wildman–Crippen LogP) is 4.35. The van der Waals surface area contributed by atoms with Gasteiger partial charge in [-0.15, -0.1) is 0 Å². The molecule has 166 valence electrons. The molecule has 0 bridgehead atoms. The van der Waals surface area contributed by atoms with E-state index in [-0.39, 0.29) is 28.1 Å². The van der Waals surface area contributed by atoms with Crippen LogP contribution in [0.4, 0.5) is 4.39 Å². The third-order valence-electron chi connectivity index (χ3n) is 4.97. The lowest BCUT2D eigenvalue weighted by atomic mass is 10.1. The zero-order valence-corrected chi connectivity index (χ0v) is 18.6. The molecular weight excluding hydrogens is 423 g/mol. The molecule has 1 unspecified atom stereocenters. The monoisotopic (exact) mass is 448 g/mol. The van der Waals surface area contributed by atoms with Gasteiger partial charge in [-0.25, -0.2) is 14.1 Å². The Morgan fingerprint density at radius 2 is 2.10 bits per heavy atom. The van der Waals surface area contributed by atoms with Crippen molar-refractivity contribution in [1.82, 2.24) is 19.3 Å². The maximum atomic E-state index is 14.9. The van der Waals surface area contributed by atoms with Crippen LogP contribution < -0.4 is 10.3 Å². The van der Waals surface area contributed by atoms with Gasteiger partial charge >= 0.3 is 0 Å². The molecule has 0 amide bonds. The standard InChI is InChI=1S/C22H26ClFN4O3/c1-4-15(2)14-27-19(20(23)26-21(22(27)29)28-10-5-9-25-28)17-13-16(7-8-18(17)24)31-12-6-11-30-3/h5,7-10,13,15H,4,6,11-12,14H2,1-3H3. The van der Waals surface area contributed by atoms with Crippen molar-refractivity contribution in [2.45, 2.75) is 33.2 Å². The summed E-state index contributed by atoms with van der Waals surface area (Å²) in [5, 5.41) is 4.11. The van der Waals surface area contributed by atoms with E-state index in [4.69, 9.17) is 21.1 Å². The van der Waals surface area contributed by atoms with Crippen LogP contribution >= 0.6 is 11.6 Å². The molecule has 0 spiro atoms. The van der Waals surface area contributed by atoms with E-state index in [2.05, 4.69) is 10.1 Å². The lowest BCUT2D eigenvalue weighted by Crippen LogP contribution is -2.30. The van der Waals surface area contributed by atoms with Gasteiger partial charge in [-0.3, -0.25) is 4.79 Å². The van der Waals surface area contributed by atoms with Gasteiger partial charge in [-0.2, -0.15) is 5.10 Å². The highest BCUT2D eigenvalue weighted by molar-refractivity contribution is 6.31. The maximum absolute atomic E-state index is 14.9. The molecule has 9 heteroatoms. The highest BCUT2D eigenvalue weighted by Gasteiger charge is 2.22. The molecule has 0 aliphatic heterocycles. The van der Waals surface area contributed by atoms with Gasteiger partial charge in [0.2, 0.25) is 5.82 Å². The van der Waals surface area contributed by atoms with Gasteiger partial charge < -0.3 is 14.0 Å². The molecule has 0 saturated heterocycles. The number of hydrogen-bond donors (Lipinski definition) is 0. The summed E-state index contributed by atoms with van der Waals surface area (Å²) in [6.07, 6.45) is 4.70. The van der Waals surface area contributed by atoms with E-state index in [1.165, 1.54) is 15.3 Å². The normalized spacial score (nSPS) is 12.2. The van der Waals surface area contributed by atoms with E-state index in [0.717, 1.165) is 6.42 Å². The second-order valence-electron chi connectivity index (χ2n) is 7.29. The number of nitrogens with zero attached hydrogens (tertiary/aromatic N) is 4. The van der Waals surface area contributed by atoms with Gasteiger partial charge in [0.1, 0.15) is 11.6 Å². The van der Waals surface area contributed by atoms with Gasteiger partial charge in [0, 0.05) is 44.6 Å². The molecule has 2 aromatic heterocycles. The number of halogens is 2. The summed E-state index contributed by atoms with van der Waals surface area (Å²) in [7, 11) is 1.62. The average Bonchev–Trinajstić information content (AvgIpc) is 3.29. The van der Waals surface area contributed by atoms with Gasteiger partial charge in [0.05, 0.1) is 12.3 Å². The third-order valence-corrected chi connectivity index (χ3v) is 5.24. The Balaban J connectivity index is 2.11. The second-order valence-corrected chi connectivity index (χ2v) is 7.65. The van der Waals surface area contributed by atoms with Crippen molar-refractivity contribution < 1.29 is 13.9 Å². The Morgan fingerprint density at radius 3 is 2.77 bits per heavy atom. The second kappa shape index (κ2) is 10.5. The van der Waals surface area contributed by atoms with Crippen LogP contribution in [0.1, 0.15) is 26.7 Å². The van der Waals surface area contributed by atoms with Crippen molar-refractivity contribution in [2.24, 2.45) is 5.92 Å². The van der Waals surface area contributed by atoms with Gasteiger partial charge in [0.25, 0.3) is 5.56 Å². The summed E-state index contributed by atoms with van der Waals surface area (Å²) in [6.45, 7) is 5.39. The summed E-state index contributed by atoms with van der Waals surface area (Å²) in [5.74, 6) is 0.186. The summed E-state index contributed by atoms with van der Waals surface area (Å²) in [6, 6.07) is 6.08. The molecule has 1 atom stereocenters. The molecule has 3 rings (SSSR count). The minimum atomic E-state index is -0.517. The molecule has 0 aliphatic rings. The average molecular weight is 449 g/mol. The number of ether oxygens (including phenoxy) is 2. The first kappa shape index (κ1) is 23.0. The van der Waals surface area contributed by atoms with Crippen LogP contribution in [0.15, 0.2) is 41.5 Å². The quantitative estimate of drug-likeness (QED) is 0.431. The SMILES string of the molecule is CCC(C)Cn1c(-c2cc(OCCCOC)ccc2F)c(Cl)nc(-n2cccn2)c1=O. The first-order valence-corrected chi connectivity index (χ1v) is 10.6. The minimum absolute atomic E-state index is 0.0174. The third kappa shape index (κ3) is 5.32. The topological polar surface area (TPSA) is 71.2 Å². The molecule has 0 saturated carbocycles. The maximum Gasteiger partial charge on any atom is 0.296 e. The van der Waals surface area contributed by atoms with E-state index < -0.39 is 11.4 Å². The van der Waals surface area contributed by atoms with Gasteiger partial charge in [-0.1, -0.05) is 31.9 Å². The summed E-state index contributed by atoms with van der Waals surface area (Å²) in [5.41, 5.74) is -0.00825. The van der Waals surface area contributed by atoms with Crippen LogP contribution in [0.25, 0.3) is 17.1 Å². The fraction of sp³-hybridized carbons (Fsp3) is 0.409. The van der Waals surface area contributed by atoms with Gasteiger partial charge in [-0.05, 0) is 30.2 Å². The fourth-order valence-corrected chi connectivity index (χ4v) is 3.39. The molecule has 3 aromatic rings. The lowest BCUT2D eigenvalue weighted by Gasteiger charge is -2.19. The Bertz CT molecular complexity index is 1070. The van der Waals surface area contributed by atoms with E-state index >= 15 is 0 Å². The van der Waals surface area contributed by atoms with Crippen molar-refractivity contribution in [3.63, 3.8) is 0 Å². The summed E-state index contributed by atoms with van der Waals surface area (Å²) >= 11 is 6.52. The van der Waals surface area contributed by atoms with E-state index in [0.29, 0.717) is 31.9 Å². The zero-order valence-electron chi connectivity index (χ0n) is 17.8. The van der Waals surface area contributed by atoms with Crippen LogP contribution in [0.5, 0.6) is 5.75 Å². The fourth-order valence-electron chi connectivity index (χ4n) is 3.11. The lowest BCUT2D eigenvalue weighted by molar-refractivity contribution is 0.172. The van der Waals surface area contributed by atoms with Crippen LogP contribution in [-0.4, -0.2) is 39.7 Å². The van der Waals surface area contributed by atoms with Crippen LogP contribution in [0.2, 0.25) is 5.15 Å². The number of aromatic nitrogens is 4. The molecule has 1 aromatic carbocycles. The van der Waals surface area contributed by atoms with Crippen LogP contribution in [-0.2, 0) is 11.3 Å². The highest BCUT2D eigenvalue weighted by atomic mass is 35.5. The minimum Gasteiger partial charge on any atom is -0.493 e. The van der Waals surface area contributed by atoms with E-state index in [9.17, 15) is 9.18 Å². The molecular formula is C22H26ClFN4O3. The Morgan fingerprint density at radius 1 is 1.29 bits per heavy atom. The number of methoxy groups -OCH3 is 1. The van der Waals surface area contributed by atoms with Crippen LogP contribution in [0, 0.1) is 11.7 Å². The predicted molar refractivity (Wildman–Crippen MR) is 117 cm³/mol. The van der Waals surface area contributed by atoms with Crippen molar-refractivity contribution in [3.8, 4) is 22.8 Å². The van der Waals surface area contributed by atoms with Crippen molar-refractivity contribution in [1.29, 1.82) is 0 Å². The summed E-state index contributed by atoms with van der Waals surface area (Å²) in [4.78, 5) is 17.6. The van der Waals surface area contributed by atoms with Crippen molar-refractivity contribution >= 4 is 11.6 Å².